The van der Waals surface area contributed by atoms with E-state index in [0.717, 1.165) is 25.9 Å². The van der Waals surface area contributed by atoms with Crippen molar-refractivity contribution in [1.29, 1.82) is 0 Å². The van der Waals surface area contributed by atoms with Gasteiger partial charge in [-0.25, -0.2) is 0 Å². The molecule has 0 saturated carbocycles. The first-order valence-electron chi connectivity index (χ1n) is 8.71. The summed E-state index contributed by atoms with van der Waals surface area (Å²) in [6.07, 6.45) is 14.9. The number of carbonyl (C=O) groups is 1. The zero-order valence-corrected chi connectivity index (χ0v) is 13.3. The van der Waals surface area contributed by atoms with Crippen LogP contribution in [-0.4, -0.2) is 25.2 Å². The summed E-state index contributed by atoms with van der Waals surface area (Å²) in [5.74, 6) is 0.198. The molecular formula is C17H33NO2. The molecule has 1 atom stereocenters. The van der Waals surface area contributed by atoms with Crippen LogP contribution in [0.15, 0.2) is 0 Å². The molecule has 1 heterocycles. The van der Waals surface area contributed by atoms with Crippen LogP contribution >= 0.6 is 0 Å². The zero-order valence-electron chi connectivity index (χ0n) is 13.3. The van der Waals surface area contributed by atoms with Crippen molar-refractivity contribution in [2.45, 2.75) is 90.1 Å². The molecule has 0 aromatic rings. The number of hydrogen-bond acceptors (Lipinski definition) is 2. The van der Waals surface area contributed by atoms with Crippen molar-refractivity contribution in [3.8, 4) is 0 Å². The van der Waals surface area contributed by atoms with E-state index in [1.807, 2.05) is 0 Å². The van der Waals surface area contributed by atoms with Gasteiger partial charge >= 0.3 is 0 Å². The lowest BCUT2D eigenvalue weighted by molar-refractivity contribution is -0.121. The molecule has 0 spiro atoms. The Labute approximate surface area is 124 Å². The van der Waals surface area contributed by atoms with Crippen LogP contribution in [0, 0.1) is 0 Å². The first-order chi connectivity index (χ1) is 9.83. The van der Waals surface area contributed by atoms with Crippen molar-refractivity contribution in [3.05, 3.63) is 0 Å². The molecule has 0 aliphatic carbocycles. The summed E-state index contributed by atoms with van der Waals surface area (Å²) in [7, 11) is 0. The average molecular weight is 283 g/mol. The highest BCUT2D eigenvalue weighted by molar-refractivity contribution is 5.75. The van der Waals surface area contributed by atoms with Crippen LogP contribution in [0.25, 0.3) is 0 Å². The molecule has 20 heavy (non-hydrogen) atoms. The first-order valence-corrected chi connectivity index (χ1v) is 8.71. The first kappa shape index (κ1) is 17.5. The molecule has 3 nitrogen and oxygen atoms in total. The highest BCUT2D eigenvalue weighted by Crippen LogP contribution is 2.12. The van der Waals surface area contributed by atoms with Crippen LogP contribution in [-0.2, 0) is 9.53 Å². The third-order valence-electron chi connectivity index (χ3n) is 4.06. The molecule has 0 aromatic heterocycles. The van der Waals surface area contributed by atoms with Crippen LogP contribution in [0.1, 0.15) is 84.0 Å². The Morgan fingerprint density at radius 1 is 1.05 bits per heavy atom. The molecule has 0 bridgehead atoms. The molecule has 3 heteroatoms. The predicted molar refractivity (Wildman–Crippen MR) is 83.8 cm³/mol. The van der Waals surface area contributed by atoms with E-state index >= 15 is 0 Å². The Bertz CT molecular complexity index is 237. The lowest BCUT2D eigenvalue weighted by Gasteiger charge is -2.10. The van der Waals surface area contributed by atoms with Crippen LogP contribution in [0.4, 0.5) is 0 Å². The number of unbranched alkanes of at least 4 members (excludes halogenated alkanes) is 8. The normalized spacial score (nSPS) is 18.4. The van der Waals surface area contributed by atoms with Crippen LogP contribution in [0.3, 0.4) is 0 Å². The number of hydrogen-bond donors (Lipinski definition) is 1. The quantitative estimate of drug-likeness (QED) is 0.545. The van der Waals surface area contributed by atoms with E-state index in [1.54, 1.807) is 0 Å². The molecule has 0 aromatic carbocycles. The largest absolute Gasteiger partial charge is 0.376 e. The van der Waals surface area contributed by atoms with E-state index in [1.165, 1.54) is 51.4 Å². The van der Waals surface area contributed by atoms with Gasteiger partial charge in [-0.15, -0.1) is 0 Å². The maximum Gasteiger partial charge on any atom is 0.220 e. The summed E-state index contributed by atoms with van der Waals surface area (Å²) >= 11 is 0. The van der Waals surface area contributed by atoms with Crippen molar-refractivity contribution in [1.82, 2.24) is 5.32 Å². The molecule has 0 radical (unpaired) electrons. The molecule has 0 unspecified atom stereocenters. The number of amides is 1. The highest BCUT2D eigenvalue weighted by Gasteiger charge is 2.15. The van der Waals surface area contributed by atoms with Gasteiger partial charge in [0.1, 0.15) is 0 Å². The van der Waals surface area contributed by atoms with E-state index in [9.17, 15) is 4.79 Å². The van der Waals surface area contributed by atoms with Gasteiger partial charge in [-0.2, -0.15) is 0 Å². The van der Waals surface area contributed by atoms with E-state index in [0.29, 0.717) is 13.0 Å². The van der Waals surface area contributed by atoms with Crippen LogP contribution < -0.4 is 5.32 Å². The summed E-state index contributed by atoms with van der Waals surface area (Å²) in [4.78, 5) is 11.6. The van der Waals surface area contributed by atoms with Gasteiger partial charge in [0.2, 0.25) is 5.91 Å². The predicted octanol–water partition coefficient (Wildman–Crippen LogP) is 4.20. The summed E-state index contributed by atoms with van der Waals surface area (Å²) in [6, 6.07) is 0. The Morgan fingerprint density at radius 2 is 1.70 bits per heavy atom. The lowest BCUT2D eigenvalue weighted by Crippen LogP contribution is -2.31. The number of carbonyl (C=O) groups excluding carboxylic acids is 1. The van der Waals surface area contributed by atoms with E-state index in [2.05, 4.69) is 12.2 Å². The number of ether oxygens (including phenoxy) is 1. The monoisotopic (exact) mass is 283 g/mol. The van der Waals surface area contributed by atoms with E-state index < -0.39 is 0 Å². The van der Waals surface area contributed by atoms with Gasteiger partial charge in [0.25, 0.3) is 0 Å². The summed E-state index contributed by atoms with van der Waals surface area (Å²) < 4.78 is 5.49. The molecule has 1 N–H and O–H groups in total. The van der Waals surface area contributed by atoms with Crippen LogP contribution in [0.2, 0.25) is 0 Å². The Hall–Kier alpha value is -0.570. The molecule has 1 amide bonds. The number of nitrogens with one attached hydrogen (secondary N) is 1. The van der Waals surface area contributed by atoms with Gasteiger partial charge < -0.3 is 10.1 Å². The van der Waals surface area contributed by atoms with Gasteiger partial charge in [-0.1, -0.05) is 58.3 Å². The molecule has 1 aliphatic heterocycles. The van der Waals surface area contributed by atoms with Gasteiger partial charge in [-0.3, -0.25) is 4.79 Å². The second-order valence-electron chi connectivity index (χ2n) is 6.02. The SMILES string of the molecule is CCCCCCCCCCCC(=O)NC[C@H]1CCCO1. The van der Waals surface area contributed by atoms with Crippen molar-refractivity contribution in [2.75, 3.05) is 13.2 Å². The second-order valence-corrected chi connectivity index (χ2v) is 6.02. The summed E-state index contributed by atoms with van der Waals surface area (Å²) in [5, 5.41) is 2.99. The standard InChI is InChI=1S/C17H33NO2/c1-2-3-4-5-6-7-8-9-10-13-17(19)18-15-16-12-11-14-20-16/h16H,2-15H2,1H3,(H,18,19)/t16-/m1/s1. The van der Waals surface area contributed by atoms with E-state index in [4.69, 9.17) is 4.74 Å². The Balaban J connectivity index is 1.79. The van der Waals surface area contributed by atoms with Crippen molar-refractivity contribution < 1.29 is 9.53 Å². The molecule has 1 fully saturated rings. The Kier molecular flexibility index (Phi) is 10.7. The molecule has 1 aliphatic rings. The minimum absolute atomic E-state index is 0.198. The van der Waals surface area contributed by atoms with Gasteiger partial charge in [0.05, 0.1) is 6.10 Å². The third kappa shape index (κ3) is 9.35. The fraction of sp³-hybridized carbons (Fsp3) is 0.941. The van der Waals surface area contributed by atoms with E-state index in [-0.39, 0.29) is 12.0 Å². The zero-order chi connectivity index (χ0) is 14.5. The van der Waals surface area contributed by atoms with Crippen molar-refractivity contribution in [2.24, 2.45) is 0 Å². The molecule has 1 saturated heterocycles. The highest BCUT2D eigenvalue weighted by atomic mass is 16.5. The van der Waals surface area contributed by atoms with Crippen LogP contribution in [0.5, 0.6) is 0 Å². The van der Waals surface area contributed by atoms with Gasteiger partial charge in [0, 0.05) is 19.6 Å². The third-order valence-corrected chi connectivity index (χ3v) is 4.06. The van der Waals surface area contributed by atoms with Gasteiger partial charge in [0.15, 0.2) is 0 Å². The number of rotatable bonds is 12. The molecule has 118 valence electrons. The fourth-order valence-corrected chi connectivity index (χ4v) is 2.72. The summed E-state index contributed by atoms with van der Waals surface area (Å²) in [5.41, 5.74) is 0. The van der Waals surface area contributed by atoms with Gasteiger partial charge in [-0.05, 0) is 19.3 Å². The van der Waals surface area contributed by atoms with Crippen molar-refractivity contribution >= 4 is 5.91 Å². The Morgan fingerprint density at radius 3 is 2.30 bits per heavy atom. The minimum Gasteiger partial charge on any atom is -0.376 e. The maximum absolute atomic E-state index is 11.6. The maximum atomic E-state index is 11.6. The molecule has 1 rings (SSSR count). The lowest BCUT2D eigenvalue weighted by atomic mass is 10.1. The smallest absolute Gasteiger partial charge is 0.220 e. The average Bonchev–Trinajstić information content (AvgIpc) is 2.96. The second kappa shape index (κ2) is 12.2. The minimum atomic E-state index is 0.198. The van der Waals surface area contributed by atoms with Crippen molar-refractivity contribution in [3.63, 3.8) is 0 Å². The fourth-order valence-electron chi connectivity index (χ4n) is 2.72. The summed E-state index contributed by atoms with van der Waals surface area (Å²) in [6.45, 7) is 3.82. The topological polar surface area (TPSA) is 38.3 Å². The molecular weight excluding hydrogens is 250 g/mol.